The number of pyridine rings is 3. The molecule has 0 saturated carbocycles. The van der Waals surface area contributed by atoms with E-state index in [1.54, 1.807) is 19.5 Å². The van der Waals surface area contributed by atoms with Gasteiger partial charge in [0.25, 0.3) is 0 Å². The molecular weight excluding hydrogens is 381 g/mol. The quantitative estimate of drug-likeness (QED) is 0.535. The number of H-pyrrole nitrogens is 1. The lowest BCUT2D eigenvalue weighted by atomic mass is 10.0. The largest absolute Gasteiger partial charge is 0.496 e. The number of nitrogens with zero attached hydrogens (tertiary/aromatic N) is 3. The number of hydrogen-bond acceptors (Lipinski definition) is 4. The Bertz CT molecular complexity index is 1120. The number of fused-ring (bicyclic) bond motifs is 1. The van der Waals surface area contributed by atoms with Crippen molar-refractivity contribution in [3.8, 4) is 5.75 Å². The monoisotopic (exact) mass is 398 g/mol. The van der Waals surface area contributed by atoms with Crippen LogP contribution in [0.15, 0.2) is 55.1 Å². The third-order valence-corrected chi connectivity index (χ3v) is 4.62. The number of hydrogen-bond donors (Lipinski definition) is 1. The second-order valence-electron chi connectivity index (χ2n) is 6.61. The molecule has 4 aromatic rings. The highest BCUT2D eigenvalue weighted by Gasteiger charge is 2.31. The second kappa shape index (κ2) is 7.54. The van der Waals surface area contributed by atoms with Crippen molar-refractivity contribution >= 4 is 11.0 Å². The highest BCUT2D eigenvalue weighted by atomic mass is 19.4. The number of aromatic nitrogens is 4. The Hall–Kier alpha value is -3.42. The zero-order chi connectivity index (χ0) is 20.4. The summed E-state index contributed by atoms with van der Waals surface area (Å²) in [6.45, 7) is 0. The molecule has 0 saturated heterocycles. The standard InChI is InChI=1S/C21H17F3N4O/c1-29-17-6-7-25-20-19(17)15(12-28-20)8-13-2-4-16(26-10-13)9-14-3-5-18(27-11-14)21(22,23)24/h2-7,10-12H,8-9H2,1H3,(H,25,28). The first-order valence-electron chi connectivity index (χ1n) is 8.89. The van der Waals surface area contributed by atoms with E-state index in [1.165, 1.54) is 12.3 Å². The Morgan fingerprint density at radius 1 is 0.931 bits per heavy atom. The number of rotatable bonds is 5. The maximum atomic E-state index is 12.6. The van der Waals surface area contributed by atoms with Gasteiger partial charge in [-0.2, -0.15) is 13.2 Å². The van der Waals surface area contributed by atoms with Crippen LogP contribution in [0, 0.1) is 0 Å². The molecule has 0 aliphatic carbocycles. The van der Waals surface area contributed by atoms with E-state index < -0.39 is 11.9 Å². The first kappa shape index (κ1) is 18.9. The first-order valence-corrected chi connectivity index (χ1v) is 8.89. The summed E-state index contributed by atoms with van der Waals surface area (Å²) < 4.78 is 43.2. The summed E-state index contributed by atoms with van der Waals surface area (Å²) in [5.74, 6) is 0.755. The van der Waals surface area contributed by atoms with Gasteiger partial charge in [-0.15, -0.1) is 0 Å². The van der Waals surface area contributed by atoms with Crippen molar-refractivity contribution in [2.24, 2.45) is 0 Å². The van der Waals surface area contributed by atoms with Gasteiger partial charge in [0.2, 0.25) is 0 Å². The zero-order valence-corrected chi connectivity index (χ0v) is 15.5. The molecule has 0 unspecified atom stereocenters. The molecular formula is C21H17F3N4O. The van der Waals surface area contributed by atoms with E-state index in [0.29, 0.717) is 18.4 Å². The van der Waals surface area contributed by atoms with Gasteiger partial charge < -0.3 is 9.72 Å². The Balaban J connectivity index is 1.49. The molecule has 0 bridgehead atoms. The first-order chi connectivity index (χ1) is 13.9. The van der Waals surface area contributed by atoms with Crippen molar-refractivity contribution < 1.29 is 17.9 Å². The molecule has 29 heavy (non-hydrogen) atoms. The Morgan fingerprint density at radius 2 is 1.69 bits per heavy atom. The molecule has 0 aliphatic rings. The lowest BCUT2D eigenvalue weighted by Crippen LogP contribution is -2.07. The fourth-order valence-corrected chi connectivity index (χ4v) is 3.19. The van der Waals surface area contributed by atoms with E-state index in [4.69, 9.17) is 4.74 Å². The average Bonchev–Trinajstić information content (AvgIpc) is 3.12. The van der Waals surface area contributed by atoms with Crippen molar-refractivity contribution in [3.05, 3.63) is 83.2 Å². The van der Waals surface area contributed by atoms with Gasteiger partial charge in [-0.1, -0.05) is 12.1 Å². The molecule has 8 heteroatoms. The molecule has 0 aromatic carbocycles. The number of halogens is 3. The van der Waals surface area contributed by atoms with Crippen LogP contribution in [0.25, 0.3) is 11.0 Å². The molecule has 148 valence electrons. The van der Waals surface area contributed by atoms with Gasteiger partial charge in [-0.05, 0) is 34.9 Å². The number of nitrogens with one attached hydrogen (secondary N) is 1. The third kappa shape index (κ3) is 4.06. The number of methoxy groups -OCH3 is 1. The second-order valence-corrected chi connectivity index (χ2v) is 6.61. The summed E-state index contributed by atoms with van der Waals surface area (Å²) in [5.41, 5.74) is 3.35. The summed E-state index contributed by atoms with van der Waals surface area (Å²) in [5, 5.41) is 0.940. The third-order valence-electron chi connectivity index (χ3n) is 4.62. The minimum atomic E-state index is -4.43. The van der Waals surface area contributed by atoms with E-state index in [2.05, 4.69) is 19.9 Å². The van der Waals surface area contributed by atoms with E-state index in [1.807, 2.05) is 24.4 Å². The van der Waals surface area contributed by atoms with Crippen LogP contribution in [0.2, 0.25) is 0 Å². The lowest BCUT2D eigenvalue weighted by Gasteiger charge is -2.07. The van der Waals surface area contributed by atoms with E-state index in [9.17, 15) is 13.2 Å². The van der Waals surface area contributed by atoms with Crippen LogP contribution in [0.1, 0.15) is 28.1 Å². The Kier molecular flexibility index (Phi) is 4.92. The van der Waals surface area contributed by atoms with Crippen LogP contribution in [-0.2, 0) is 19.0 Å². The molecule has 1 N–H and O–H groups in total. The van der Waals surface area contributed by atoms with Crippen LogP contribution in [-0.4, -0.2) is 27.0 Å². The van der Waals surface area contributed by atoms with Crippen molar-refractivity contribution in [1.29, 1.82) is 0 Å². The predicted molar refractivity (Wildman–Crippen MR) is 102 cm³/mol. The van der Waals surface area contributed by atoms with Gasteiger partial charge in [0.05, 0.1) is 12.5 Å². The topological polar surface area (TPSA) is 63.7 Å². The fraction of sp³-hybridized carbons (Fsp3) is 0.190. The van der Waals surface area contributed by atoms with Crippen LogP contribution >= 0.6 is 0 Å². The van der Waals surface area contributed by atoms with Crippen molar-refractivity contribution in [2.45, 2.75) is 19.0 Å². The number of alkyl halides is 3. The maximum absolute atomic E-state index is 12.6. The normalized spacial score (nSPS) is 11.7. The summed E-state index contributed by atoms with van der Waals surface area (Å²) in [6.07, 6.45) is 3.24. The number of aromatic amines is 1. The fourth-order valence-electron chi connectivity index (χ4n) is 3.19. The molecule has 0 atom stereocenters. The van der Waals surface area contributed by atoms with Crippen LogP contribution in [0.5, 0.6) is 5.75 Å². The average molecular weight is 398 g/mol. The molecule has 0 aliphatic heterocycles. The predicted octanol–water partition coefficient (Wildman–Crippen LogP) is 4.56. The minimum absolute atomic E-state index is 0.413. The Labute approximate surface area is 164 Å². The van der Waals surface area contributed by atoms with E-state index >= 15 is 0 Å². The highest BCUT2D eigenvalue weighted by molar-refractivity contribution is 5.86. The van der Waals surface area contributed by atoms with Crippen LogP contribution < -0.4 is 4.74 Å². The van der Waals surface area contributed by atoms with Crippen LogP contribution in [0.3, 0.4) is 0 Å². The molecule has 0 fully saturated rings. The van der Waals surface area contributed by atoms with Gasteiger partial charge >= 0.3 is 6.18 Å². The van der Waals surface area contributed by atoms with Crippen molar-refractivity contribution in [1.82, 2.24) is 19.9 Å². The van der Waals surface area contributed by atoms with E-state index in [0.717, 1.165) is 39.7 Å². The zero-order valence-electron chi connectivity index (χ0n) is 15.5. The maximum Gasteiger partial charge on any atom is 0.433 e. The summed E-state index contributed by atoms with van der Waals surface area (Å²) in [7, 11) is 1.62. The van der Waals surface area contributed by atoms with E-state index in [-0.39, 0.29) is 0 Å². The summed E-state index contributed by atoms with van der Waals surface area (Å²) >= 11 is 0. The van der Waals surface area contributed by atoms with Gasteiger partial charge in [0.1, 0.15) is 17.1 Å². The van der Waals surface area contributed by atoms with Gasteiger partial charge in [0, 0.05) is 43.3 Å². The van der Waals surface area contributed by atoms with Crippen LogP contribution in [0.4, 0.5) is 13.2 Å². The Morgan fingerprint density at radius 3 is 2.34 bits per heavy atom. The molecule has 0 amide bonds. The molecule has 0 spiro atoms. The smallest absolute Gasteiger partial charge is 0.433 e. The summed E-state index contributed by atoms with van der Waals surface area (Å²) in [4.78, 5) is 15.4. The SMILES string of the molecule is COc1ccnc2[nH]cc(Cc3ccc(Cc4ccc(C(F)(F)F)nc4)nc3)c12. The van der Waals surface area contributed by atoms with Gasteiger partial charge in [0.15, 0.2) is 0 Å². The summed E-state index contributed by atoms with van der Waals surface area (Å²) in [6, 6.07) is 8.07. The molecule has 4 aromatic heterocycles. The number of ether oxygens (including phenoxy) is 1. The highest BCUT2D eigenvalue weighted by Crippen LogP contribution is 2.29. The minimum Gasteiger partial charge on any atom is -0.496 e. The lowest BCUT2D eigenvalue weighted by molar-refractivity contribution is -0.141. The van der Waals surface area contributed by atoms with Gasteiger partial charge in [-0.3, -0.25) is 9.97 Å². The van der Waals surface area contributed by atoms with Crippen molar-refractivity contribution in [3.63, 3.8) is 0 Å². The van der Waals surface area contributed by atoms with Crippen molar-refractivity contribution in [2.75, 3.05) is 7.11 Å². The molecule has 5 nitrogen and oxygen atoms in total. The molecule has 4 rings (SSSR count). The van der Waals surface area contributed by atoms with Gasteiger partial charge in [-0.25, -0.2) is 4.98 Å². The molecule has 4 heterocycles. The molecule has 0 radical (unpaired) electrons.